The molecule has 0 bridgehead atoms. The van der Waals surface area contributed by atoms with Crippen molar-refractivity contribution in [3.63, 3.8) is 0 Å². The molecule has 2 heterocycles. The number of aromatic nitrogens is 2. The van der Waals surface area contributed by atoms with Crippen LogP contribution in [-0.2, 0) is 18.4 Å². The molecule has 0 spiro atoms. The van der Waals surface area contributed by atoms with Crippen molar-refractivity contribution in [2.45, 2.75) is 6.54 Å². The summed E-state index contributed by atoms with van der Waals surface area (Å²) in [4.78, 5) is 36.8. The number of nitrogens with one attached hydrogen (secondary N) is 2. The van der Waals surface area contributed by atoms with Crippen LogP contribution >= 0.6 is 0 Å². The third-order valence-electron chi connectivity index (χ3n) is 3.48. The molecule has 8 nitrogen and oxygen atoms in total. The van der Waals surface area contributed by atoms with E-state index in [2.05, 4.69) is 15.7 Å². The maximum Gasteiger partial charge on any atom is 0.324 e. The Balaban J connectivity index is 1.81. The number of anilines is 1. The van der Waals surface area contributed by atoms with Crippen molar-refractivity contribution in [3.05, 3.63) is 47.7 Å². The van der Waals surface area contributed by atoms with Gasteiger partial charge in [0.15, 0.2) is 5.82 Å². The van der Waals surface area contributed by atoms with Crippen molar-refractivity contribution in [2.75, 3.05) is 11.9 Å². The highest BCUT2D eigenvalue weighted by molar-refractivity contribution is 6.05. The molecular formula is C15H15N5O3. The van der Waals surface area contributed by atoms with Crippen LogP contribution in [0, 0.1) is 0 Å². The van der Waals surface area contributed by atoms with Crippen molar-refractivity contribution in [1.82, 2.24) is 20.0 Å². The first kappa shape index (κ1) is 14.8. The second-order valence-electron chi connectivity index (χ2n) is 5.12. The van der Waals surface area contributed by atoms with Gasteiger partial charge in [0, 0.05) is 24.9 Å². The number of hydrogen-bond acceptors (Lipinski definition) is 4. The zero-order chi connectivity index (χ0) is 16.4. The molecule has 2 aromatic rings. The number of urea groups is 1. The minimum atomic E-state index is -0.449. The summed E-state index contributed by atoms with van der Waals surface area (Å²) in [6.45, 7) is 0.0393. The number of aryl methyl sites for hydroxylation is 1. The zero-order valence-corrected chi connectivity index (χ0v) is 12.4. The highest BCUT2D eigenvalue weighted by atomic mass is 16.2. The Morgan fingerprint density at radius 1 is 1.30 bits per heavy atom. The lowest BCUT2D eigenvalue weighted by molar-refractivity contribution is -0.125. The van der Waals surface area contributed by atoms with Crippen LogP contribution < -0.4 is 10.6 Å². The molecule has 23 heavy (non-hydrogen) atoms. The summed E-state index contributed by atoms with van der Waals surface area (Å²) in [6, 6.07) is 8.07. The average molecular weight is 313 g/mol. The van der Waals surface area contributed by atoms with Crippen molar-refractivity contribution in [2.24, 2.45) is 7.05 Å². The van der Waals surface area contributed by atoms with Gasteiger partial charge in [-0.2, -0.15) is 5.10 Å². The summed E-state index contributed by atoms with van der Waals surface area (Å²) in [7, 11) is 1.75. The Labute approximate surface area is 132 Å². The van der Waals surface area contributed by atoms with Gasteiger partial charge < -0.3 is 10.6 Å². The number of hydrogen-bond donors (Lipinski definition) is 2. The van der Waals surface area contributed by atoms with Gasteiger partial charge >= 0.3 is 6.03 Å². The topological polar surface area (TPSA) is 96.3 Å². The first-order valence-corrected chi connectivity index (χ1v) is 7.01. The first-order chi connectivity index (χ1) is 11.0. The predicted octanol–water partition coefficient (Wildman–Crippen LogP) is 0.724. The van der Waals surface area contributed by atoms with E-state index >= 15 is 0 Å². The first-order valence-electron chi connectivity index (χ1n) is 7.01. The number of benzene rings is 1. The lowest BCUT2D eigenvalue weighted by Gasteiger charge is -2.15. The van der Waals surface area contributed by atoms with Gasteiger partial charge in [0.1, 0.15) is 0 Å². The Kier molecular flexibility index (Phi) is 3.80. The third kappa shape index (κ3) is 3.05. The maximum atomic E-state index is 12.4. The lowest BCUT2D eigenvalue weighted by Crippen LogP contribution is -2.31. The van der Waals surface area contributed by atoms with Gasteiger partial charge in [0.05, 0.1) is 13.1 Å². The molecule has 4 amide bonds. The summed E-state index contributed by atoms with van der Waals surface area (Å²) >= 11 is 0. The predicted molar refractivity (Wildman–Crippen MR) is 81.6 cm³/mol. The summed E-state index contributed by atoms with van der Waals surface area (Å²) < 4.78 is 1.58. The minimum absolute atomic E-state index is 0.0128. The van der Waals surface area contributed by atoms with Crippen LogP contribution in [-0.4, -0.2) is 39.1 Å². The third-order valence-corrected chi connectivity index (χ3v) is 3.48. The summed E-state index contributed by atoms with van der Waals surface area (Å²) in [6.07, 6.45) is 1.72. The number of carbonyl (C=O) groups excluding carboxylic acids is 3. The fourth-order valence-electron chi connectivity index (χ4n) is 2.33. The lowest BCUT2D eigenvalue weighted by atomic mass is 10.1. The highest BCUT2D eigenvalue weighted by Crippen LogP contribution is 2.15. The number of amides is 4. The van der Waals surface area contributed by atoms with Gasteiger partial charge in [-0.05, 0) is 11.6 Å². The van der Waals surface area contributed by atoms with E-state index in [9.17, 15) is 14.4 Å². The van der Waals surface area contributed by atoms with Gasteiger partial charge in [-0.15, -0.1) is 0 Å². The zero-order valence-electron chi connectivity index (χ0n) is 12.4. The molecule has 0 aliphatic carbocycles. The van der Waals surface area contributed by atoms with Crippen LogP contribution in [0.3, 0.4) is 0 Å². The SMILES string of the molecule is Cn1ccc(NC(=O)c2ccccc2CN2C(=O)CNC2=O)n1. The van der Waals surface area contributed by atoms with Gasteiger partial charge in [-0.1, -0.05) is 18.2 Å². The standard InChI is InChI=1S/C15H15N5O3/c1-19-7-6-12(18-19)17-14(22)11-5-3-2-4-10(11)9-20-13(21)8-16-15(20)23/h2-7H,8-9H2,1H3,(H,16,23)(H,17,18,22). The van der Waals surface area contributed by atoms with Crippen molar-refractivity contribution < 1.29 is 14.4 Å². The Morgan fingerprint density at radius 2 is 2.09 bits per heavy atom. The molecular weight excluding hydrogens is 298 g/mol. The summed E-state index contributed by atoms with van der Waals surface area (Å²) in [5.74, 6) is -0.219. The fourth-order valence-corrected chi connectivity index (χ4v) is 2.33. The number of imide groups is 1. The van der Waals surface area contributed by atoms with Gasteiger partial charge in [0.2, 0.25) is 5.91 Å². The largest absolute Gasteiger partial charge is 0.329 e. The van der Waals surface area contributed by atoms with Crippen molar-refractivity contribution in [3.8, 4) is 0 Å². The van der Waals surface area contributed by atoms with Crippen LogP contribution in [0.4, 0.5) is 10.6 Å². The average Bonchev–Trinajstić information content (AvgIpc) is 3.08. The van der Waals surface area contributed by atoms with Crippen LogP contribution in [0.1, 0.15) is 15.9 Å². The molecule has 1 saturated heterocycles. The highest BCUT2D eigenvalue weighted by Gasteiger charge is 2.29. The van der Waals surface area contributed by atoms with E-state index < -0.39 is 6.03 Å². The molecule has 2 N–H and O–H groups in total. The van der Waals surface area contributed by atoms with E-state index in [0.717, 1.165) is 4.90 Å². The van der Waals surface area contributed by atoms with E-state index in [0.29, 0.717) is 16.9 Å². The molecule has 1 aromatic carbocycles. The van der Waals surface area contributed by atoms with Crippen LogP contribution in [0.5, 0.6) is 0 Å². The van der Waals surface area contributed by atoms with Crippen LogP contribution in [0.2, 0.25) is 0 Å². The molecule has 8 heteroatoms. The molecule has 0 radical (unpaired) electrons. The molecule has 0 unspecified atom stereocenters. The van der Waals surface area contributed by atoms with E-state index in [4.69, 9.17) is 0 Å². The monoisotopic (exact) mass is 313 g/mol. The number of nitrogens with zero attached hydrogens (tertiary/aromatic N) is 3. The minimum Gasteiger partial charge on any atom is -0.329 e. The summed E-state index contributed by atoms with van der Waals surface area (Å²) in [5, 5.41) is 9.24. The van der Waals surface area contributed by atoms with Gasteiger partial charge in [-0.3, -0.25) is 19.2 Å². The van der Waals surface area contributed by atoms with Gasteiger partial charge in [-0.25, -0.2) is 4.79 Å². The van der Waals surface area contributed by atoms with E-state index in [1.807, 2.05) is 0 Å². The smallest absolute Gasteiger partial charge is 0.324 e. The molecule has 1 fully saturated rings. The quantitative estimate of drug-likeness (QED) is 0.813. The second kappa shape index (κ2) is 5.91. The van der Waals surface area contributed by atoms with Crippen molar-refractivity contribution in [1.29, 1.82) is 0 Å². The van der Waals surface area contributed by atoms with E-state index in [1.165, 1.54) is 0 Å². The molecule has 3 rings (SSSR count). The molecule has 1 aliphatic heterocycles. The van der Waals surface area contributed by atoms with Crippen LogP contribution in [0.15, 0.2) is 36.5 Å². The van der Waals surface area contributed by atoms with Crippen LogP contribution in [0.25, 0.3) is 0 Å². The second-order valence-corrected chi connectivity index (χ2v) is 5.12. The fraction of sp³-hybridized carbons (Fsp3) is 0.200. The summed E-state index contributed by atoms with van der Waals surface area (Å²) in [5.41, 5.74) is 0.983. The Hall–Kier alpha value is -3.16. The van der Waals surface area contributed by atoms with Gasteiger partial charge in [0.25, 0.3) is 5.91 Å². The Bertz CT molecular complexity index is 767. The Morgan fingerprint density at radius 3 is 2.74 bits per heavy atom. The maximum absolute atomic E-state index is 12.4. The van der Waals surface area contributed by atoms with E-state index in [-0.39, 0.29) is 24.9 Å². The number of rotatable bonds is 4. The molecule has 1 aliphatic rings. The molecule has 1 aromatic heterocycles. The molecule has 118 valence electrons. The molecule has 0 saturated carbocycles. The van der Waals surface area contributed by atoms with E-state index in [1.54, 1.807) is 48.3 Å². The molecule has 0 atom stereocenters. The number of carbonyl (C=O) groups is 3. The normalized spacial score (nSPS) is 14.0. The van der Waals surface area contributed by atoms with Crippen molar-refractivity contribution >= 4 is 23.7 Å².